The second-order valence-corrected chi connectivity index (χ2v) is 2.79. The average Bonchev–Trinajstić information content (AvgIpc) is 2.17. The lowest BCUT2D eigenvalue weighted by Gasteiger charge is -2.02. The van der Waals surface area contributed by atoms with Gasteiger partial charge in [0.25, 0.3) is 5.56 Å². The largest absolute Gasteiger partial charge is 0.296 e. The highest BCUT2D eigenvalue weighted by atomic mass is 16.1. The number of carbonyl (C=O) groups excluding carboxylic acids is 1. The molecule has 4 nitrogen and oxygen atoms in total. The van der Waals surface area contributed by atoms with Crippen molar-refractivity contribution in [3.8, 4) is 0 Å². The van der Waals surface area contributed by atoms with Gasteiger partial charge in [0, 0.05) is 12.6 Å². The van der Waals surface area contributed by atoms with E-state index >= 15 is 0 Å². The van der Waals surface area contributed by atoms with Crippen molar-refractivity contribution < 1.29 is 4.79 Å². The second kappa shape index (κ2) is 4.54. The smallest absolute Gasteiger partial charge is 0.266 e. The first kappa shape index (κ1) is 9.64. The first-order valence-electron chi connectivity index (χ1n) is 4.31. The van der Waals surface area contributed by atoms with Crippen LogP contribution in [-0.2, 0) is 6.54 Å². The summed E-state index contributed by atoms with van der Waals surface area (Å²) in [6, 6.07) is 2.80. The van der Waals surface area contributed by atoms with Crippen LogP contribution in [-0.4, -0.2) is 16.1 Å². The van der Waals surface area contributed by atoms with E-state index in [4.69, 9.17) is 0 Å². The van der Waals surface area contributed by atoms with Crippen molar-refractivity contribution in [2.75, 3.05) is 0 Å². The van der Waals surface area contributed by atoms with Gasteiger partial charge in [0.15, 0.2) is 6.29 Å². The van der Waals surface area contributed by atoms with Gasteiger partial charge >= 0.3 is 0 Å². The quantitative estimate of drug-likeness (QED) is 0.645. The molecule has 0 aliphatic heterocycles. The number of aryl methyl sites for hydroxylation is 1. The number of nitrogens with zero attached hydrogens (tertiary/aromatic N) is 2. The zero-order chi connectivity index (χ0) is 9.68. The molecule has 1 heterocycles. The third-order valence-corrected chi connectivity index (χ3v) is 1.73. The first-order valence-corrected chi connectivity index (χ1v) is 4.31. The van der Waals surface area contributed by atoms with Crippen LogP contribution in [0.1, 0.15) is 30.3 Å². The van der Waals surface area contributed by atoms with Crippen LogP contribution in [0.3, 0.4) is 0 Å². The molecular weight excluding hydrogens is 168 g/mol. The van der Waals surface area contributed by atoms with E-state index in [0.717, 1.165) is 12.8 Å². The number of aromatic nitrogens is 2. The van der Waals surface area contributed by atoms with Gasteiger partial charge in [0.2, 0.25) is 0 Å². The monoisotopic (exact) mass is 180 g/mol. The Hall–Kier alpha value is -1.45. The highest BCUT2D eigenvalue weighted by molar-refractivity contribution is 5.70. The summed E-state index contributed by atoms with van der Waals surface area (Å²) in [5, 5.41) is 3.86. The molecule has 1 aromatic heterocycles. The molecular formula is C9H12N2O2. The SMILES string of the molecule is CCCCn1nc(C=O)ccc1=O. The second-order valence-electron chi connectivity index (χ2n) is 2.79. The van der Waals surface area contributed by atoms with Crippen LogP contribution >= 0.6 is 0 Å². The fourth-order valence-electron chi connectivity index (χ4n) is 0.996. The number of hydrogen-bond donors (Lipinski definition) is 0. The first-order chi connectivity index (χ1) is 6.27. The minimum absolute atomic E-state index is 0.154. The molecule has 0 N–H and O–H groups in total. The highest BCUT2D eigenvalue weighted by Crippen LogP contribution is 1.90. The molecule has 0 aliphatic carbocycles. The third kappa shape index (κ3) is 2.50. The Bertz CT molecular complexity index is 344. The average molecular weight is 180 g/mol. The molecule has 1 rings (SSSR count). The molecule has 0 atom stereocenters. The van der Waals surface area contributed by atoms with Crippen LogP contribution < -0.4 is 5.56 Å². The van der Waals surface area contributed by atoms with Crippen molar-refractivity contribution in [3.63, 3.8) is 0 Å². The van der Waals surface area contributed by atoms with Gasteiger partial charge in [-0.15, -0.1) is 0 Å². The zero-order valence-corrected chi connectivity index (χ0v) is 7.56. The summed E-state index contributed by atoms with van der Waals surface area (Å²) in [5.41, 5.74) is 0.148. The molecule has 0 radical (unpaired) electrons. The van der Waals surface area contributed by atoms with Gasteiger partial charge in [0.05, 0.1) is 0 Å². The van der Waals surface area contributed by atoms with E-state index in [1.807, 2.05) is 6.92 Å². The fraction of sp³-hybridized carbons (Fsp3) is 0.444. The molecule has 0 amide bonds. The van der Waals surface area contributed by atoms with Crippen LogP contribution in [0.5, 0.6) is 0 Å². The number of carbonyl (C=O) groups is 1. The predicted molar refractivity (Wildman–Crippen MR) is 48.8 cm³/mol. The van der Waals surface area contributed by atoms with E-state index in [0.29, 0.717) is 18.5 Å². The van der Waals surface area contributed by atoms with E-state index in [1.54, 1.807) is 0 Å². The van der Waals surface area contributed by atoms with Gasteiger partial charge in [-0.1, -0.05) is 13.3 Å². The molecule has 4 heteroatoms. The van der Waals surface area contributed by atoms with E-state index in [9.17, 15) is 9.59 Å². The Morgan fingerprint density at radius 3 is 2.92 bits per heavy atom. The van der Waals surface area contributed by atoms with Crippen molar-refractivity contribution in [1.82, 2.24) is 9.78 Å². The van der Waals surface area contributed by atoms with E-state index in [1.165, 1.54) is 16.8 Å². The van der Waals surface area contributed by atoms with E-state index in [-0.39, 0.29) is 5.56 Å². The topological polar surface area (TPSA) is 52.0 Å². The van der Waals surface area contributed by atoms with Crippen LogP contribution in [0.2, 0.25) is 0 Å². The maximum atomic E-state index is 11.2. The van der Waals surface area contributed by atoms with Crippen LogP contribution in [0.25, 0.3) is 0 Å². The Kier molecular flexibility index (Phi) is 3.37. The summed E-state index contributed by atoms with van der Waals surface area (Å²) in [7, 11) is 0. The minimum atomic E-state index is -0.154. The lowest BCUT2D eigenvalue weighted by Crippen LogP contribution is -2.22. The maximum Gasteiger partial charge on any atom is 0.266 e. The number of rotatable bonds is 4. The molecule has 13 heavy (non-hydrogen) atoms. The molecule has 1 aromatic rings. The zero-order valence-electron chi connectivity index (χ0n) is 7.56. The summed E-state index contributed by atoms with van der Waals surface area (Å²) in [5.74, 6) is 0. The van der Waals surface area contributed by atoms with Crippen LogP contribution in [0, 0.1) is 0 Å². The van der Waals surface area contributed by atoms with E-state index < -0.39 is 0 Å². The van der Waals surface area contributed by atoms with Gasteiger partial charge in [0.1, 0.15) is 5.69 Å². The van der Waals surface area contributed by atoms with Crippen LogP contribution in [0.4, 0.5) is 0 Å². The van der Waals surface area contributed by atoms with Crippen molar-refractivity contribution in [1.29, 1.82) is 0 Å². The van der Waals surface area contributed by atoms with Crippen molar-refractivity contribution in [2.45, 2.75) is 26.3 Å². The molecule has 0 spiro atoms. The summed E-state index contributed by atoms with van der Waals surface area (Å²) in [4.78, 5) is 21.5. The van der Waals surface area contributed by atoms with Gasteiger partial charge in [-0.25, -0.2) is 4.68 Å². The Balaban J connectivity index is 2.90. The van der Waals surface area contributed by atoms with Crippen molar-refractivity contribution in [3.05, 3.63) is 28.2 Å². The molecule has 0 bridgehead atoms. The molecule has 70 valence electrons. The lowest BCUT2D eigenvalue weighted by atomic mass is 10.3. The van der Waals surface area contributed by atoms with Gasteiger partial charge in [-0.3, -0.25) is 9.59 Å². The standard InChI is InChI=1S/C9H12N2O2/c1-2-3-6-11-9(13)5-4-8(7-12)10-11/h4-5,7H,2-3,6H2,1H3. The molecule has 0 aromatic carbocycles. The van der Waals surface area contributed by atoms with Crippen molar-refractivity contribution in [2.24, 2.45) is 0 Å². The summed E-state index contributed by atoms with van der Waals surface area (Å²) in [6.45, 7) is 2.62. The summed E-state index contributed by atoms with van der Waals surface area (Å²) >= 11 is 0. The Labute approximate surface area is 76.2 Å². The maximum absolute atomic E-state index is 11.2. The summed E-state index contributed by atoms with van der Waals surface area (Å²) in [6.07, 6.45) is 2.54. The fourth-order valence-corrected chi connectivity index (χ4v) is 0.996. The lowest BCUT2D eigenvalue weighted by molar-refractivity contribution is 0.111. The molecule has 0 aliphatic rings. The van der Waals surface area contributed by atoms with Crippen LogP contribution in [0.15, 0.2) is 16.9 Å². The summed E-state index contributed by atoms with van der Waals surface area (Å²) < 4.78 is 1.33. The normalized spacial score (nSPS) is 9.92. The van der Waals surface area contributed by atoms with Gasteiger partial charge in [-0.05, 0) is 12.5 Å². The van der Waals surface area contributed by atoms with Gasteiger partial charge in [-0.2, -0.15) is 5.10 Å². The Morgan fingerprint density at radius 1 is 1.54 bits per heavy atom. The molecule has 0 unspecified atom stereocenters. The number of unbranched alkanes of at least 4 members (excludes halogenated alkanes) is 1. The number of hydrogen-bond acceptors (Lipinski definition) is 3. The third-order valence-electron chi connectivity index (χ3n) is 1.73. The van der Waals surface area contributed by atoms with E-state index in [2.05, 4.69) is 5.10 Å². The van der Waals surface area contributed by atoms with Gasteiger partial charge < -0.3 is 0 Å². The number of aldehydes is 1. The molecule has 0 saturated carbocycles. The Morgan fingerprint density at radius 2 is 2.31 bits per heavy atom. The highest BCUT2D eigenvalue weighted by Gasteiger charge is 1.98. The minimum Gasteiger partial charge on any atom is -0.296 e. The molecule has 0 saturated heterocycles. The van der Waals surface area contributed by atoms with Crippen molar-refractivity contribution >= 4 is 6.29 Å². The predicted octanol–water partition coefficient (Wildman–Crippen LogP) is 0.856. The molecule has 0 fully saturated rings.